The molecule has 6 heteroatoms. The van der Waals surface area contributed by atoms with Crippen molar-refractivity contribution in [1.29, 1.82) is 0 Å². The number of oxazole rings is 1. The Kier molecular flexibility index (Phi) is 5.20. The Morgan fingerprint density at radius 2 is 1.96 bits per heavy atom. The molecule has 1 aromatic carbocycles. The van der Waals surface area contributed by atoms with E-state index in [2.05, 4.69) is 25.5 Å². The maximum absolute atomic E-state index is 5.59. The van der Waals surface area contributed by atoms with Crippen LogP contribution in [-0.2, 0) is 6.54 Å². The van der Waals surface area contributed by atoms with Crippen molar-refractivity contribution in [1.82, 2.24) is 20.5 Å². The van der Waals surface area contributed by atoms with Crippen molar-refractivity contribution in [3.05, 3.63) is 42.3 Å². The molecule has 1 aromatic heterocycles. The van der Waals surface area contributed by atoms with Crippen LogP contribution in [0.1, 0.15) is 31.4 Å². The number of nitrogens with zero attached hydrogens (tertiary/aromatic N) is 3. The number of likely N-dealkylation sites (tertiary alicyclic amines) is 1. The Bertz CT molecular complexity index is 730. The van der Waals surface area contributed by atoms with E-state index in [-0.39, 0.29) is 0 Å². The number of aromatic nitrogens is 1. The van der Waals surface area contributed by atoms with Crippen LogP contribution < -0.4 is 10.6 Å². The number of nitrogens with one attached hydrogen (secondary N) is 2. The summed E-state index contributed by atoms with van der Waals surface area (Å²) in [5.41, 5.74) is 1.86. The number of hydrogen-bond acceptors (Lipinski definition) is 4. The summed E-state index contributed by atoms with van der Waals surface area (Å²) in [5.74, 6) is 1.48. The zero-order valence-electron chi connectivity index (χ0n) is 15.3. The molecule has 6 nitrogen and oxygen atoms in total. The zero-order chi connectivity index (χ0) is 17.8. The SMILES string of the molecule is CN=C(NCc1coc(-c2ccccc2)n1)NC1CCN(C2CC2)CC1. The monoisotopic (exact) mass is 353 g/mol. The quantitative estimate of drug-likeness (QED) is 0.639. The lowest BCUT2D eigenvalue weighted by Gasteiger charge is -2.33. The van der Waals surface area contributed by atoms with Crippen molar-refractivity contribution in [2.24, 2.45) is 4.99 Å². The Morgan fingerprint density at radius 3 is 2.65 bits per heavy atom. The molecular formula is C20H27N5O. The van der Waals surface area contributed by atoms with Crippen LogP contribution in [0, 0.1) is 0 Å². The molecule has 0 bridgehead atoms. The molecule has 1 aliphatic heterocycles. The number of piperidine rings is 1. The minimum Gasteiger partial charge on any atom is -0.444 e. The fraction of sp³-hybridized carbons (Fsp3) is 0.500. The third kappa shape index (κ3) is 4.25. The number of rotatable bonds is 5. The van der Waals surface area contributed by atoms with E-state index in [1.54, 1.807) is 6.26 Å². The summed E-state index contributed by atoms with van der Waals surface area (Å²) in [5, 5.41) is 6.89. The van der Waals surface area contributed by atoms with Crippen molar-refractivity contribution in [3.8, 4) is 11.5 Å². The first-order valence-electron chi connectivity index (χ1n) is 9.53. The van der Waals surface area contributed by atoms with E-state index in [1.165, 1.54) is 38.8 Å². The molecule has 0 amide bonds. The molecule has 1 saturated carbocycles. The predicted molar refractivity (Wildman–Crippen MR) is 103 cm³/mol. The van der Waals surface area contributed by atoms with E-state index < -0.39 is 0 Å². The van der Waals surface area contributed by atoms with Gasteiger partial charge in [0.1, 0.15) is 6.26 Å². The fourth-order valence-electron chi connectivity index (χ4n) is 3.51. The molecule has 138 valence electrons. The highest BCUT2D eigenvalue weighted by Crippen LogP contribution is 2.29. The van der Waals surface area contributed by atoms with E-state index in [0.717, 1.165) is 23.3 Å². The van der Waals surface area contributed by atoms with Gasteiger partial charge in [0.05, 0.1) is 12.2 Å². The van der Waals surface area contributed by atoms with Crippen LogP contribution in [0.15, 0.2) is 46.0 Å². The van der Waals surface area contributed by atoms with E-state index >= 15 is 0 Å². The molecule has 1 saturated heterocycles. The van der Waals surface area contributed by atoms with Crippen molar-refractivity contribution < 1.29 is 4.42 Å². The van der Waals surface area contributed by atoms with Gasteiger partial charge in [0, 0.05) is 37.8 Å². The Hall–Kier alpha value is -2.34. The molecular weight excluding hydrogens is 326 g/mol. The molecule has 2 fully saturated rings. The van der Waals surface area contributed by atoms with Gasteiger partial charge in [-0.15, -0.1) is 0 Å². The number of benzene rings is 1. The molecule has 26 heavy (non-hydrogen) atoms. The van der Waals surface area contributed by atoms with Crippen LogP contribution in [0.25, 0.3) is 11.5 Å². The third-order valence-electron chi connectivity index (χ3n) is 5.17. The van der Waals surface area contributed by atoms with Crippen LogP contribution in [0.4, 0.5) is 0 Å². The second kappa shape index (κ2) is 7.91. The summed E-state index contributed by atoms with van der Waals surface area (Å²) in [4.78, 5) is 11.5. The van der Waals surface area contributed by atoms with E-state index in [0.29, 0.717) is 18.5 Å². The molecule has 0 atom stereocenters. The van der Waals surface area contributed by atoms with E-state index in [9.17, 15) is 0 Å². The van der Waals surface area contributed by atoms with Gasteiger partial charge in [-0.3, -0.25) is 4.99 Å². The van der Waals surface area contributed by atoms with Crippen molar-refractivity contribution in [2.45, 2.75) is 44.3 Å². The number of aliphatic imine (C=N–C) groups is 1. The van der Waals surface area contributed by atoms with Gasteiger partial charge < -0.3 is 20.0 Å². The van der Waals surface area contributed by atoms with Crippen LogP contribution in [-0.4, -0.2) is 48.1 Å². The molecule has 2 aromatic rings. The standard InChI is InChI=1S/C20H27N5O/c1-21-20(24-16-9-11-25(12-10-16)18-7-8-18)22-13-17-14-26-19(23-17)15-5-3-2-4-6-15/h2-6,14,16,18H,7-13H2,1H3,(H2,21,22,24). The Labute approximate surface area is 154 Å². The highest BCUT2D eigenvalue weighted by Gasteiger charge is 2.31. The lowest BCUT2D eigenvalue weighted by Crippen LogP contribution is -2.48. The van der Waals surface area contributed by atoms with Crippen molar-refractivity contribution in [3.63, 3.8) is 0 Å². The summed E-state index contributed by atoms with van der Waals surface area (Å²) in [7, 11) is 1.81. The Balaban J connectivity index is 1.26. The topological polar surface area (TPSA) is 65.7 Å². The average Bonchev–Trinajstić information content (AvgIpc) is 3.44. The van der Waals surface area contributed by atoms with Crippen molar-refractivity contribution >= 4 is 5.96 Å². The van der Waals surface area contributed by atoms with Gasteiger partial charge in [-0.25, -0.2) is 4.98 Å². The summed E-state index contributed by atoms with van der Waals surface area (Å²) in [6.45, 7) is 2.99. The normalized spacial score (nSPS) is 19.5. The van der Waals surface area contributed by atoms with Crippen LogP contribution in [0.2, 0.25) is 0 Å². The second-order valence-electron chi connectivity index (χ2n) is 7.12. The summed E-state index contributed by atoms with van der Waals surface area (Å²) >= 11 is 0. The zero-order valence-corrected chi connectivity index (χ0v) is 15.3. The molecule has 2 N–H and O–H groups in total. The molecule has 2 aliphatic rings. The van der Waals surface area contributed by atoms with Crippen LogP contribution >= 0.6 is 0 Å². The first-order valence-corrected chi connectivity index (χ1v) is 9.53. The molecule has 2 heterocycles. The summed E-state index contributed by atoms with van der Waals surface area (Å²) in [6, 6.07) is 11.3. The highest BCUT2D eigenvalue weighted by molar-refractivity contribution is 5.79. The molecule has 0 unspecified atom stereocenters. The fourth-order valence-corrected chi connectivity index (χ4v) is 3.51. The third-order valence-corrected chi connectivity index (χ3v) is 5.17. The molecule has 1 aliphatic carbocycles. The average molecular weight is 353 g/mol. The number of guanidine groups is 1. The van der Waals surface area contributed by atoms with E-state index in [1.807, 2.05) is 37.4 Å². The lowest BCUT2D eigenvalue weighted by atomic mass is 10.1. The van der Waals surface area contributed by atoms with Gasteiger partial charge in [0.25, 0.3) is 0 Å². The highest BCUT2D eigenvalue weighted by atomic mass is 16.3. The molecule has 0 spiro atoms. The first-order chi connectivity index (χ1) is 12.8. The van der Waals surface area contributed by atoms with Gasteiger partial charge in [-0.1, -0.05) is 18.2 Å². The van der Waals surface area contributed by atoms with Gasteiger partial charge in [0.2, 0.25) is 5.89 Å². The second-order valence-corrected chi connectivity index (χ2v) is 7.12. The largest absolute Gasteiger partial charge is 0.444 e. The van der Waals surface area contributed by atoms with Gasteiger partial charge in [0.15, 0.2) is 5.96 Å². The lowest BCUT2D eigenvalue weighted by molar-refractivity contribution is 0.197. The van der Waals surface area contributed by atoms with E-state index in [4.69, 9.17) is 4.42 Å². The maximum Gasteiger partial charge on any atom is 0.226 e. The minimum absolute atomic E-state index is 0.494. The first kappa shape index (κ1) is 17.1. The van der Waals surface area contributed by atoms with Gasteiger partial charge in [-0.05, 0) is 37.8 Å². The number of hydrogen-bond donors (Lipinski definition) is 2. The summed E-state index contributed by atoms with van der Waals surface area (Å²) in [6.07, 6.45) is 6.85. The maximum atomic E-state index is 5.59. The smallest absolute Gasteiger partial charge is 0.226 e. The van der Waals surface area contributed by atoms with Gasteiger partial charge in [-0.2, -0.15) is 0 Å². The van der Waals surface area contributed by atoms with Crippen LogP contribution in [0.5, 0.6) is 0 Å². The Morgan fingerprint density at radius 1 is 1.19 bits per heavy atom. The molecule has 4 rings (SSSR count). The van der Waals surface area contributed by atoms with Crippen molar-refractivity contribution in [2.75, 3.05) is 20.1 Å². The van der Waals surface area contributed by atoms with Crippen LogP contribution in [0.3, 0.4) is 0 Å². The summed E-state index contributed by atoms with van der Waals surface area (Å²) < 4.78 is 5.59. The minimum atomic E-state index is 0.494. The van der Waals surface area contributed by atoms with Gasteiger partial charge >= 0.3 is 0 Å². The predicted octanol–water partition coefficient (Wildman–Crippen LogP) is 2.63. The molecule has 0 radical (unpaired) electrons.